The topological polar surface area (TPSA) is 62.6 Å². The first kappa shape index (κ1) is 21.9. The summed E-state index contributed by atoms with van der Waals surface area (Å²) in [6, 6.07) is 20.0. The van der Waals surface area contributed by atoms with Gasteiger partial charge in [0.25, 0.3) is 5.91 Å². The molecular weight excluding hydrogens is 468 g/mol. The van der Waals surface area contributed by atoms with Gasteiger partial charge in [-0.2, -0.15) is 5.26 Å². The van der Waals surface area contributed by atoms with Crippen LogP contribution in [0.5, 0.6) is 11.5 Å². The van der Waals surface area contributed by atoms with Crippen LogP contribution in [0.15, 0.2) is 64.6 Å². The van der Waals surface area contributed by atoms with Crippen molar-refractivity contribution in [2.24, 2.45) is 0 Å². The molecule has 0 unspecified atom stereocenters. The lowest BCUT2D eigenvalue weighted by atomic mass is 10.1. The normalized spacial score (nSPS) is 13.8. The van der Waals surface area contributed by atoms with Gasteiger partial charge in [0.15, 0.2) is 11.5 Å². The predicted octanol–water partition coefficient (Wildman–Crippen LogP) is 5.72. The van der Waals surface area contributed by atoms with Crippen molar-refractivity contribution in [3.8, 4) is 17.6 Å². The summed E-state index contributed by atoms with van der Waals surface area (Å²) in [6.07, 6.45) is 3.56. The lowest BCUT2D eigenvalue weighted by Gasteiger charge is -2.16. The molecule has 0 bridgehead atoms. The van der Waals surface area contributed by atoms with Gasteiger partial charge in [-0.1, -0.05) is 42.5 Å². The summed E-state index contributed by atoms with van der Waals surface area (Å²) < 4.78 is 12.4. The van der Waals surface area contributed by atoms with Gasteiger partial charge in [0, 0.05) is 13.1 Å². The van der Waals surface area contributed by atoms with Crippen LogP contribution in [0.25, 0.3) is 16.8 Å². The maximum Gasteiger partial charge on any atom is 0.264 e. The highest BCUT2D eigenvalue weighted by atomic mass is 79.9. The lowest BCUT2D eigenvalue weighted by molar-refractivity contribution is -0.125. The largest absolute Gasteiger partial charge is 0.493 e. The highest BCUT2D eigenvalue weighted by molar-refractivity contribution is 9.10. The summed E-state index contributed by atoms with van der Waals surface area (Å²) >= 11 is 3.56. The summed E-state index contributed by atoms with van der Waals surface area (Å²) in [7, 11) is 1.57. The number of halogens is 1. The fraction of sp³-hybridized carbons (Fsp3) is 0.231. The summed E-state index contributed by atoms with van der Waals surface area (Å²) in [5.74, 6) is 0.870. The van der Waals surface area contributed by atoms with Gasteiger partial charge in [-0.15, -0.1) is 0 Å². The van der Waals surface area contributed by atoms with Gasteiger partial charge >= 0.3 is 0 Å². The van der Waals surface area contributed by atoms with Crippen LogP contribution in [-0.2, 0) is 11.4 Å². The van der Waals surface area contributed by atoms with Gasteiger partial charge in [0.1, 0.15) is 18.2 Å². The predicted molar refractivity (Wildman–Crippen MR) is 128 cm³/mol. The van der Waals surface area contributed by atoms with Crippen molar-refractivity contribution < 1.29 is 14.3 Å². The average Bonchev–Trinajstić information content (AvgIpc) is 3.36. The number of methoxy groups -OCH3 is 1. The molecule has 6 heteroatoms. The molecule has 3 aromatic rings. The Hall–Kier alpha value is -3.30. The number of rotatable bonds is 6. The number of fused-ring (bicyclic) bond motifs is 1. The number of likely N-dealkylation sites (tertiary alicyclic amines) is 1. The molecule has 0 aliphatic carbocycles. The molecule has 0 spiro atoms. The Morgan fingerprint density at radius 2 is 1.91 bits per heavy atom. The van der Waals surface area contributed by atoms with Gasteiger partial charge in [-0.3, -0.25) is 4.79 Å². The molecular formula is C26H23BrN2O3. The molecule has 1 aliphatic rings. The second kappa shape index (κ2) is 9.88. The molecule has 162 valence electrons. The molecule has 1 aliphatic heterocycles. The van der Waals surface area contributed by atoms with E-state index < -0.39 is 0 Å². The molecule has 0 atom stereocenters. The third-order valence-electron chi connectivity index (χ3n) is 5.56. The van der Waals surface area contributed by atoms with Crippen LogP contribution in [-0.4, -0.2) is 31.0 Å². The van der Waals surface area contributed by atoms with Gasteiger partial charge < -0.3 is 14.4 Å². The van der Waals surface area contributed by atoms with Crippen molar-refractivity contribution in [3.63, 3.8) is 0 Å². The number of hydrogen-bond donors (Lipinski definition) is 0. The van der Waals surface area contributed by atoms with Crippen molar-refractivity contribution >= 4 is 38.7 Å². The van der Waals surface area contributed by atoms with Gasteiger partial charge in [0.2, 0.25) is 0 Å². The van der Waals surface area contributed by atoms with Crippen molar-refractivity contribution in [2.75, 3.05) is 20.2 Å². The van der Waals surface area contributed by atoms with E-state index in [9.17, 15) is 10.1 Å². The number of benzene rings is 3. The van der Waals surface area contributed by atoms with Crippen LogP contribution in [0.4, 0.5) is 0 Å². The summed E-state index contributed by atoms with van der Waals surface area (Å²) in [4.78, 5) is 14.3. The zero-order valence-corrected chi connectivity index (χ0v) is 19.4. The van der Waals surface area contributed by atoms with E-state index in [1.165, 1.54) is 0 Å². The summed E-state index contributed by atoms with van der Waals surface area (Å²) in [6.45, 7) is 1.78. The first-order chi connectivity index (χ1) is 15.6. The number of ether oxygens (including phenoxy) is 2. The monoisotopic (exact) mass is 490 g/mol. The quantitative estimate of drug-likeness (QED) is 0.327. The van der Waals surface area contributed by atoms with Gasteiger partial charge in [-0.05, 0) is 68.9 Å². The Morgan fingerprint density at radius 3 is 2.66 bits per heavy atom. The Morgan fingerprint density at radius 1 is 1.16 bits per heavy atom. The third-order valence-corrected chi connectivity index (χ3v) is 6.15. The number of amides is 1. The summed E-state index contributed by atoms with van der Waals surface area (Å²) in [5.41, 5.74) is 1.88. The molecule has 4 rings (SSSR count). The van der Waals surface area contributed by atoms with Crippen molar-refractivity contribution in [2.45, 2.75) is 19.4 Å². The van der Waals surface area contributed by atoms with Crippen molar-refractivity contribution in [1.82, 2.24) is 4.90 Å². The Balaban J connectivity index is 1.59. The highest BCUT2D eigenvalue weighted by Gasteiger charge is 2.22. The van der Waals surface area contributed by atoms with Gasteiger partial charge in [-0.25, -0.2) is 0 Å². The van der Waals surface area contributed by atoms with Crippen LogP contribution in [0.3, 0.4) is 0 Å². The van der Waals surface area contributed by atoms with Crippen LogP contribution in [0, 0.1) is 11.3 Å². The number of nitriles is 1. The molecule has 0 saturated carbocycles. The standard InChI is InChI=1S/C26H23BrN2O3/c1-31-24-15-18(13-21(16-28)26(30)29-11-4-5-12-29)14-23(27)25(24)32-17-20-9-6-8-19-7-2-3-10-22(19)20/h2-3,6-10,13-15H,4-5,11-12,17H2,1H3/b21-13+. The van der Waals surface area contributed by atoms with E-state index in [1.54, 1.807) is 24.2 Å². The highest BCUT2D eigenvalue weighted by Crippen LogP contribution is 2.38. The van der Waals surface area contributed by atoms with Crippen LogP contribution >= 0.6 is 15.9 Å². The first-order valence-corrected chi connectivity index (χ1v) is 11.3. The van der Waals surface area contributed by atoms with E-state index in [-0.39, 0.29) is 11.5 Å². The maximum atomic E-state index is 12.6. The van der Waals surface area contributed by atoms with Crippen molar-refractivity contribution in [1.29, 1.82) is 5.26 Å². The second-order valence-electron chi connectivity index (χ2n) is 7.63. The number of hydrogen-bond acceptors (Lipinski definition) is 4. The van der Waals surface area contributed by atoms with E-state index in [2.05, 4.69) is 34.1 Å². The fourth-order valence-electron chi connectivity index (χ4n) is 3.93. The zero-order valence-electron chi connectivity index (χ0n) is 17.8. The molecule has 5 nitrogen and oxygen atoms in total. The molecule has 0 aromatic heterocycles. The molecule has 0 N–H and O–H groups in total. The minimum absolute atomic E-state index is 0.116. The lowest BCUT2D eigenvalue weighted by Crippen LogP contribution is -2.28. The molecule has 1 amide bonds. The molecule has 1 fully saturated rings. The maximum absolute atomic E-state index is 12.6. The molecule has 3 aromatic carbocycles. The number of nitrogens with zero attached hydrogens (tertiary/aromatic N) is 2. The van der Waals surface area contributed by atoms with E-state index in [1.807, 2.05) is 36.4 Å². The SMILES string of the molecule is COc1cc(/C=C(\C#N)C(=O)N2CCCC2)cc(Br)c1OCc1cccc2ccccc12. The first-order valence-electron chi connectivity index (χ1n) is 10.5. The molecule has 32 heavy (non-hydrogen) atoms. The zero-order chi connectivity index (χ0) is 22.5. The summed E-state index contributed by atoms with van der Waals surface area (Å²) in [5, 5.41) is 11.8. The molecule has 1 heterocycles. The second-order valence-corrected chi connectivity index (χ2v) is 8.48. The Labute approximate surface area is 196 Å². The number of carbonyl (C=O) groups excluding carboxylic acids is 1. The van der Waals surface area contributed by atoms with Crippen molar-refractivity contribution in [3.05, 3.63) is 75.8 Å². The minimum atomic E-state index is -0.226. The van der Waals surface area contributed by atoms with Crippen LogP contribution < -0.4 is 9.47 Å². The Kier molecular flexibility index (Phi) is 6.77. The molecule has 1 saturated heterocycles. The fourth-order valence-corrected chi connectivity index (χ4v) is 4.50. The van der Waals surface area contributed by atoms with E-state index in [0.717, 1.165) is 29.2 Å². The van der Waals surface area contributed by atoms with E-state index in [0.29, 0.717) is 41.2 Å². The number of carbonyl (C=O) groups is 1. The average molecular weight is 491 g/mol. The van der Waals surface area contributed by atoms with Crippen LogP contribution in [0.1, 0.15) is 24.0 Å². The van der Waals surface area contributed by atoms with E-state index in [4.69, 9.17) is 9.47 Å². The van der Waals surface area contributed by atoms with Gasteiger partial charge in [0.05, 0.1) is 11.6 Å². The third kappa shape index (κ3) is 4.63. The molecule has 0 radical (unpaired) electrons. The van der Waals surface area contributed by atoms with E-state index >= 15 is 0 Å². The minimum Gasteiger partial charge on any atom is -0.493 e. The van der Waals surface area contributed by atoms with Crippen LogP contribution in [0.2, 0.25) is 0 Å². The smallest absolute Gasteiger partial charge is 0.264 e. The Bertz CT molecular complexity index is 1220.